The molecule has 41 heavy (non-hydrogen) atoms. The van der Waals surface area contributed by atoms with Crippen molar-refractivity contribution >= 4 is 31.5 Å². The van der Waals surface area contributed by atoms with Crippen LogP contribution in [0.1, 0.15) is 11.1 Å². The molecule has 7 rings (SSSR count). The first kappa shape index (κ1) is 24.3. The normalized spacial score (nSPS) is 10.9. The molecule has 7 aromatic rings. The molecule has 0 aliphatic heterocycles. The van der Waals surface area contributed by atoms with Crippen LogP contribution in [0.4, 0.5) is 0 Å². The van der Waals surface area contributed by atoms with Gasteiger partial charge in [0.25, 0.3) is 0 Å². The molecule has 7 heteroatoms. The molecule has 0 saturated carbocycles. The summed E-state index contributed by atoms with van der Waals surface area (Å²) < 4.78 is 2.40. The molecule has 0 spiro atoms. The van der Waals surface area contributed by atoms with Gasteiger partial charge in [-0.2, -0.15) is 10.5 Å². The second kappa shape index (κ2) is 10.1. The molecule has 6 nitrogen and oxygen atoms in total. The largest absolute Gasteiger partial charge is 0.263 e. The fraction of sp³-hybridized carbons (Fsp3) is 0. The molecule has 0 atom stereocenters. The van der Waals surface area contributed by atoms with Gasteiger partial charge in [0.05, 0.1) is 33.9 Å². The van der Waals surface area contributed by atoms with E-state index < -0.39 is 0 Å². The number of nitrogens with zero attached hydrogens (tertiary/aromatic N) is 6. The minimum Gasteiger partial charge on any atom is -0.263 e. The lowest BCUT2D eigenvalue weighted by Crippen LogP contribution is -1.90. The first-order chi connectivity index (χ1) is 20.2. The van der Waals surface area contributed by atoms with Gasteiger partial charge in [0.2, 0.25) is 0 Å². The van der Waals surface area contributed by atoms with Crippen LogP contribution in [-0.2, 0) is 0 Å². The van der Waals surface area contributed by atoms with E-state index in [2.05, 4.69) is 58.5 Å². The number of thiophene rings is 1. The average molecular weight is 543 g/mol. The third-order valence-electron chi connectivity index (χ3n) is 6.89. The van der Waals surface area contributed by atoms with Crippen LogP contribution < -0.4 is 0 Å². The lowest BCUT2D eigenvalue weighted by atomic mass is 10.0. The average Bonchev–Trinajstić information content (AvgIpc) is 3.42. The number of nitriles is 2. The number of benzene rings is 2. The Morgan fingerprint density at radius 1 is 0.488 bits per heavy atom. The molecule has 0 unspecified atom stereocenters. The molecule has 0 aliphatic rings. The van der Waals surface area contributed by atoms with Crippen molar-refractivity contribution < 1.29 is 0 Å². The van der Waals surface area contributed by atoms with Crippen LogP contribution in [0.3, 0.4) is 0 Å². The molecule has 0 amide bonds. The Morgan fingerprint density at radius 3 is 1.37 bits per heavy atom. The van der Waals surface area contributed by atoms with Gasteiger partial charge in [0.1, 0.15) is 12.1 Å². The maximum atomic E-state index is 9.26. The minimum atomic E-state index is 0.504. The van der Waals surface area contributed by atoms with E-state index in [4.69, 9.17) is 9.97 Å². The fourth-order valence-corrected chi connectivity index (χ4v) is 5.96. The van der Waals surface area contributed by atoms with Crippen molar-refractivity contribution in [3.05, 3.63) is 121 Å². The summed E-state index contributed by atoms with van der Waals surface area (Å²) in [5.74, 6) is 0. The van der Waals surface area contributed by atoms with Gasteiger partial charge in [-0.05, 0) is 60.7 Å². The van der Waals surface area contributed by atoms with Crippen LogP contribution in [0.2, 0.25) is 0 Å². The second-order valence-electron chi connectivity index (χ2n) is 9.49. The SMILES string of the molecule is N#Cc1cncc(-c2cccc(-c3ccc4sc5ccc(-c6cccc(-c7cncc(C#N)c7)n6)cc5c4c3)n2)c1. The van der Waals surface area contributed by atoms with Crippen molar-refractivity contribution in [2.45, 2.75) is 0 Å². The van der Waals surface area contributed by atoms with Gasteiger partial charge < -0.3 is 0 Å². The van der Waals surface area contributed by atoms with Crippen LogP contribution in [0, 0.1) is 22.7 Å². The third-order valence-corrected chi connectivity index (χ3v) is 8.04. The maximum Gasteiger partial charge on any atom is 0.101 e. The molecule has 0 fully saturated rings. The van der Waals surface area contributed by atoms with Gasteiger partial charge in [0.15, 0.2) is 0 Å². The Hall–Kier alpha value is -5.76. The van der Waals surface area contributed by atoms with Crippen molar-refractivity contribution in [3.63, 3.8) is 0 Å². The van der Waals surface area contributed by atoms with E-state index >= 15 is 0 Å². The summed E-state index contributed by atoms with van der Waals surface area (Å²) in [6.45, 7) is 0. The Morgan fingerprint density at radius 2 is 0.927 bits per heavy atom. The standard InChI is InChI=1S/C34H18N6S/c35-15-21-11-25(19-37-17-21)31-5-1-3-29(39-31)23-7-9-33-27(13-23)28-14-24(8-10-34(28)41-33)30-4-2-6-32(40-30)26-12-22(16-36)18-38-20-26/h1-14,17-20H. The molecule has 190 valence electrons. The highest BCUT2D eigenvalue weighted by Gasteiger charge is 2.12. The van der Waals surface area contributed by atoms with Crippen LogP contribution in [0.25, 0.3) is 65.2 Å². The highest BCUT2D eigenvalue weighted by Crippen LogP contribution is 2.38. The van der Waals surface area contributed by atoms with E-state index in [1.54, 1.807) is 48.3 Å². The van der Waals surface area contributed by atoms with Crippen LogP contribution >= 0.6 is 11.3 Å². The van der Waals surface area contributed by atoms with Gasteiger partial charge >= 0.3 is 0 Å². The second-order valence-corrected chi connectivity index (χ2v) is 10.6. The number of hydrogen-bond donors (Lipinski definition) is 0. The van der Waals surface area contributed by atoms with E-state index in [-0.39, 0.29) is 0 Å². The third kappa shape index (κ3) is 4.57. The summed E-state index contributed by atoms with van der Waals surface area (Å²) in [6.07, 6.45) is 6.55. The Balaban J connectivity index is 1.29. The number of fused-ring (bicyclic) bond motifs is 3. The van der Waals surface area contributed by atoms with Crippen molar-refractivity contribution in [3.8, 4) is 57.2 Å². The van der Waals surface area contributed by atoms with Gasteiger partial charge in [-0.25, -0.2) is 9.97 Å². The van der Waals surface area contributed by atoms with E-state index in [9.17, 15) is 10.5 Å². The molecular formula is C34H18N6S. The summed E-state index contributed by atoms with van der Waals surface area (Å²) in [7, 11) is 0. The number of hydrogen-bond acceptors (Lipinski definition) is 7. The quantitative estimate of drug-likeness (QED) is 0.223. The molecule has 2 aromatic carbocycles. The Labute approximate surface area is 239 Å². The summed E-state index contributed by atoms with van der Waals surface area (Å²) in [4.78, 5) is 18.2. The zero-order valence-electron chi connectivity index (χ0n) is 21.5. The fourth-order valence-electron chi connectivity index (χ4n) is 4.89. The van der Waals surface area contributed by atoms with Crippen LogP contribution in [0.15, 0.2) is 110 Å². The molecule has 0 bridgehead atoms. The van der Waals surface area contributed by atoms with E-state index in [1.165, 1.54) is 9.40 Å². The first-order valence-electron chi connectivity index (χ1n) is 12.8. The van der Waals surface area contributed by atoms with Crippen molar-refractivity contribution in [1.29, 1.82) is 10.5 Å². The summed E-state index contributed by atoms with van der Waals surface area (Å²) in [6, 6.07) is 32.6. The van der Waals surface area contributed by atoms with E-state index in [0.717, 1.165) is 55.8 Å². The molecule has 0 aliphatic carbocycles. The molecular weight excluding hydrogens is 524 g/mol. The molecule has 5 heterocycles. The first-order valence-corrected chi connectivity index (χ1v) is 13.6. The topological polar surface area (TPSA) is 99.1 Å². The minimum absolute atomic E-state index is 0.504. The van der Waals surface area contributed by atoms with Gasteiger partial charge in [-0.15, -0.1) is 11.3 Å². The number of aromatic nitrogens is 4. The van der Waals surface area contributed by atoms with E-state index in [0.29, 0.717) is 11.1 Å². The van der Waals surface area contributed by atoms with Gasteiger partial charge in [-0.1, -0.05) is 24.3 Å². The molecule has 5 aromatic heterocycles. The lowest BCUT2D eigenvalue weighted by molar-refractivity contribution is 1.26. The van der Waals surface area contributed by atoms with Crippen molar-refractivity contribution in [2.24, 2.45) is 0 Å². The predicted octanol–water partition coefficient (Wildman–Crippen LogP) is 8.05. The van der Waals surface area contributed by atoms with Crippen molar-refractivity contribution in [1.82, 2.24) is 19.9 Å². The van der Waals surface area contributed by atoms with Crippen molar-refractivity contribution in [2.75, 3.05) is 0 Å². The lowest BCUT2D eigenvalue weighted by Gasteiger charge is -2.07. The zero-order chi connectivity index (χ0) is 27.8. The maximum absolute atomic E-state index is 9.26. The summed E-state index contributed by atoms with van der Waals surface area (Å²) in [5.41, 5.74) is 7.89. The molecule has 0 N–H and O–H groups in total. The Kier molecular flexibility index (Phi) is 5.98. The van der Waals surface area contributed by atoms with Gasteiger partial charge in [-0.3, -0.25) is 9.97 Å². The summed E-state index contributed by atoms with van der Waals surface area (Å²) in [5, 5.41) is 20.8. The Bertz CT molecular complexity index is 2050. The monoisotopic (exact) mass is 542 g/mol. The van der Waals surface area contributed by atoms with E-state index in [1.807, 2.05) is 36.4 Å². The summed E-state index contributed by atoms with van der Waals surface area (Å²) >= 11 is 1.76. The highest BCUT2D eigenvalue weighted by molar-refractivity contribution is 7.25. The highest BCUT2D eigenvalue weighted by atomic mass is 32.1. The molecule has 0 saturated heterocycles. The number of pyridine rings is 4. The number of rotatable bonds is 4. The smallest absolute Gasteiger partial charge is 0.101 e. The van der Waals surface area contributed by atoms with Gasteiger partial charge in [0, 0.05) is 67.2 Å². The van der Waals surface area contributed by atoms with Crippen LogP contribution in [0.5, 0.6) is 0 Å². The predicted molar refractivity (Wildman–Crippen MR) is 162 cm³/mol. The zero-order valence-corrected chi connectivity index (χ0v) is 22.3. The molecule has 0 radical (unpaired) electrons. The van der Waals surface area contributed by atoms with Crippen LogP contribution in [-0.4, -0.2) is 19.9 Å².